The number of carbonyl (C=O) groups is 2. The fourth-order valence-electron chi connectivity index (χ4n) is 5.94. The smallest absolute Gasteiger partial charge is 0.321 e. The minimum atomic E-state index is -1.06. The molecule has 2 aliphatic rings. The summed E-state index contributed by atoms with van der Waals surface area (Å²) in [6.45, 7) is 6.44. The van der Waals surface area contributed by atoms with Gasteiger partial charge in [-0.15, -0.1) is 0 Å². The molecule has 8 nitrogen and oxygen atoms in total. The standard InChI is InChI=1S/C33H46F2N4O4/c1-3-5-10-13-38-22-30(39(33(38)42)21-23-11-8-7-9-12-23)32(41)37-29(17-24-15-25(34)18-26(35)16-24)31(40)28-19-27(20-36-28)43-14-6-4-2/h7-9,11-12,15-16,18,27-31,36,40H,3-6,10,13-14,17,19-22H2,1-2H3,(H,37,41)/t27-,28-,29+,30?,31-/m1/s1. The van der Waals surface area contributed by atoms with Crippen LogP contribution in [0.2, 0.25) is 0 Å². The molecule has 5 atom stereocenters. The van der Waals surface area contributed by atoms with Crippen molar-refractivity contribution < 1.29 is 28.2 Å². The average molecular weight is 601 g/mol. The van der Waals surface area contributed by atoms with Crippen molar-refractivity contribution in [2.24, 2.45) is 0 Å². The topological polar surface area (TPSA) is 94.1 Å². The zero-order chi connectivity index (χ0) is 30.8. The Balaban J connectivity index is 1.53. The summed E-state index contributed by atoms with van der Waals surface area (Å²) in [6.07, 6.45) is 4.23. The summed E-state index contributed by atoms with van der Waals surface area (Å²) in [5, 5.41) is 17.8. The molecule has 3 amide bonds. The van der Waals surface area contributed by atoms with Crippen LogP contribution in [0.1, 0.15) is 63.5 Å². The number of rotatable bonds is 16. The van der Waals surface area contributed by atoms with Crippen LogP contribution in [0, 0.1) is 11.6 Å². The van der Waals surface area contributed by atoms with E-state index in [1.54, 1.807) is 9.80 Å². The predicted molar refractivity (Wildman–Crippen MR) is 161 cm³/mol. The van der Waals surface area contributed by atoms with Crippen LogP contribution in [0.3, 0.4) is 0 Å². The maximum Gasteiger partial charge on any atom is 0.321 e. The zero-order valence-corrected chi connectivity index (χ0v) is 25.3. The lowest BCUT2D eigenvalue weighted by atomic mass is 9.94. The molecule has 2 aromatic rings. The number of carbonyl (C=O) groups excluding carboxylic acids is 2. The van der Waals surface area contributed by atoms with E-state index < -0.39 is 35.7 Å². The number of hydrogen-bond donors (Lipinski definition) is 3. The molecule has 0 aromatic heterocycles. The second-order valence-electron chi connectivity index (χ2n) is 11.7. The van der Waals surface area contributed by atoms with Gasteiger partial charge in [-0.05, 0) is 48.9 Å². The van der Waals surface area contributed by atoms with Gasteiger partial charge in [0.2, 0.25) is 5.91 Å². The van der Waals surface area contributed by atoms with Crippen LogP contribution in [0.5, 0.6) is 0 Å². The van der Waals surface area contributed by atoms with E-state index in [1.807, 2.05) is 30.3 Å². The number of nitrogens with one attached hydrogen (secondary N) is 2. The lowest BCUT2D eigenvalue weighted by Crippen LogP contribution is -2.56. The molecular formula is C33H46F2N4O4. The Bertz CT molecular complexity index is 1170. The largest absolute Gasteiger partial charge is 0.389 e. The van der Waals surface area contributed by atoms with Crippen LogP contribution in [0.15, 0.2) is 48.5 Å². The van der Waals surface area contributed by atoms with Crippen molar-refractivity contribution in [2.75, 3.05) is 26.2 Å². The van der Waals surface area contributed by atoms with Crippen molar-refractivity contribution in [3.05, 3.63) is 71.3 Å². The lowest BCUT2D eigenvalue weighted by molar-refractivity contribution is -0.126. The molecule has 10 heteroatoms. The van der Waals surface area contributed by atoms with Gasteiger partial charge < -0.3 is 30.3 Å². The molecule has 2 fully saturated rings. The Labute approximate surface area is 253 Å². The van der Waals surface area contributed by atoms with Crippen LogP contribution in [-0.2, 0) is 22.5 Å². The predicted octanol–water partition coefficient (Wildman–Crippen LogP) is 4.40. The molecule has 2 saturated heterocycles. The number of urea groups is 1. The third-order valence-electron chi connectivity index (χ3n) is 8.32. The maximum atomic E-state index is 14.1. The molecule has 0 radical (unpaired) electrons. The van der Waals surface area contributed by atoms with Crippen LogP contribution in [-0.4, -0.2) is 83.4 Å². The van der Waals surface area contributed by atoms with Crippen molar-refractivity contribution in [3.63, 3.8) is 0 Å². The Morgan fingerprint density at radius 1 is 1.07 bits per heavy atom. The minimum Gasteiger partial charge on any atom is -0.389 e. The number of amides is 3. The highest BCUT2D eigenvalue weighted by atomic mass is 19.1. The van der Waals surface area contributed by atoms with Crippen LogP contribution in [0.25, 0.3) is 0 Å². The normalized spacial score (nSPS) is 21.8. The van der Waals surface area contributed by atoms with Gasteiger partial charge in [-0.25, -0.2) is 13.6 Å². The zero-order valence-electron chi connectivity index (χ0n) is 25.3. The number of hydrogen-bond acceptors (Lipinski definition) is 5. The molecule has 3 N–H and O–H groups in total. The monoisotopic (exact) mass is 600 g/mol. The molecule has 43 heavy (non-hydrogen) atoms. The molecular weight excluding hydrogens is 554 g/mol. The van der Waals surface area contributed by atoms with Crippen LogP contribution < -0.4 is 10.6 Å². The molecule has 0 saturated carbocycles. The SMILES string of the molecule is CCCCCN1CC(C(=O)N[C@@H](Cc2cc(F)cc(F)c2)[C@H](O)[C@H]2C[C@@H](OCCCC)CN2)N(Cc2ccccc2)C1=O. The van der Waals surface area contributed by atoms with Crippen LogP contribution >= 0.6 is 0 Å². The van der Waals surface area contributed by atoms with E-state index in [0.29, 0.717) is 31.7 Å². The van der Waals surface area contributed by atoms with Gasteiger partial charge in [-0.3, -0.25) is 4.79 Å². The third-order valence-corrected chi connectivity index (χ3v) is 8.32. The van der Waals surface area contributed by atoms with Crippen molar-refractivity contribution in [2.45, 2.75) is 95.7 Å². The van der Waals surface area contributed by atoms with E-state index in [1.165, 1.54) is 12.1 Å². The van der Waals surface area contributed by atoms with E-state index in [-0.39, 0.29) is 37.7 Å². The third kappa shape index (κ3) is 9.20. The molecule has 4 rings (SSSR count). The molecule has 0 aliphatic carbocycles. The summed E-state index contributed by atoms with van der Waals surface area (Å²) in [4.78, 5) is 30.7. The number of unbranched alkanes of at least 4 members (excludes halogenated alkanes) is 3. The highest BCUT2D eigenvalue weighted by Crippen LogP contribution is 2.23. The Morgan fingerprint density at radius 3 is 2.49 bits per heavy atom. The first-order valence-electron chi connectivity index (χ1n) is 15.7. The first-order chi connectivity index (χ1) is 20.8. The maximum absolute atomic E-state index is 14.1. The van der Waals surface area contributed by atoms with Crippen molar-refractivity contribution in [1.82, 2.24) is 20.4 Å². The molecule has 2 heterocycles. The Morgan fingerprint density at radius 2 is 1.79 bits per heavy atom. The quantitative estimate of drug-likeness (QED) is 0.249. The van der Waals surface area contributed by atoms with Crippen molar-refractivity contribution in [3.8, 4) is 0 Å². The van der Waals surface area contributed by atoms with E-state index in [9.17, 15) is 23.5 Å². The van der Waals surface area contributed by atoms with E-state index in [0.717, 1.165) is 43.7 Å². The van der Waals surface area contributed by atoms with Gasteiger partial charge >= 0.3 is 6.03 Å². The van der Waals surface area contributed by atoms with Gasteiger partial charge in [-0.1, -0.05) is 63.4 Å². The number of nitrogens with zero attached hydrogens (tertiary/aromatic N) is 2. The highest BCUT2D eigenvalue weighted by Gasteiger charge is 2.43. The average Bonchev–Trinajstić information content (AvgIpc) is 3.57. The van der Waals surface area contributed by atoms with Gasteiger partial charge in [0.1, 0.15) is 17.7 Å². The number of aliphatic hydroxyl groups is 1. The second kappa shape index (κ2) is 16.1. The summed E-state index contributed by atoms with van der Waals surface area (Å²) >= 11 is 0. The van der Waals surface area contributed by atoms with Gasteiger partial charge in [0.15, 0.2) is 0 Å². The minimum absolute atomic E-state index is 0.0146. The van der Waals surface area contributed by atoms with Gasteiger partial charge in [0.05, 0.1) is 24.8 Å². The summed E-state index contributed by atoms with van der Waals surface area (Å²) in [5.74, 6) is -1.86. The number of ether oxygens (including phenoxy) is 1. The van der Waals surface area contributed by atoms with E-state index >= 15 is 0 Å². The van der Waals surface area contributed by atoms with Gasteiger partial charge in [0.25, 0.3) is 0 Å². The first-order valence-corrected chi connectivity index (χ1v) is 15.7. The fourth-order valence-corrected chi connectivity index (χ4v) is 5.94. The summed E-state index contributed by atoms with van der Waals surface area (Å²) < 4.78 is 34.1. The Kier molecular flexibility index (Phi) is 12.3. The molecule has 2 aliphatic heterocycles. The molecule has 2 aromatic carbocycles. The lowest BCUT2D eigenvalue weighted by Gasteiger charge is -2.31. The van der Waals surface area contributed by atoms with Crippen LogP contribution in [0.4, 0.5) is 13.6 Å². The molecule has 1 unspecified atom stereocenters. The van der Waals surface area contributed by atoms with Gasteiger partial charge in [-0.2, -0.15) is 0 Å². The number of halogens is 2. The molecule has 236 valence electrons. The van der Waals surface area contributed by atoms with Crippen molar-refractivity contribution in [1.29, 1.82) is 0 Å². The first kappa shape index (κ1) is 32.8. The van der Waals surface area contributed by atoms with E-state index in [4.69, 9.17) is 4.74 Å². The van der Waals surface area contributed by atoms with Crippen molar-refractivity contribution >= 4 is 11.9 Å². The highest BCUT2D eigenvalue weighted by molar-refractivity contribution is 5.90. The summed E-state index contributed by atoms with van der Waals surface area (Å²) in [5.41, 5.74) is 1.22. The second-order valence-corrected chi connectivity index (χ2v) is 11.7. The summed E-state index contributed by atoms with van der Waals surface area (Å²) in [6, 6.07) is 10.5. The molecule has 0 spiro atoms. The van der Waals surface area contributed by atoms with E-state index in [2.05, 4.69) is 24.5 Å². The Hall–Kier alpha value is -3.08. The number of benzene rings is 2. The fraction of sp³-hybridized carbons (Fsp3) is 0.576. The molecule has 0 bridgehead atoms. The number of aliphatic hydroxyl groups excluding tert-OH is 1. The van der Waals surface area contributed by atoms with Gasteiger partial charge in [0, 0.05) is 38.3 Å². The summed E-state index contributed by atoms with van der Waals surface area (Å²) in [7, 11) is 0.